The first kappa shape index (κ1) is 30.1. The van der Waals surface area contributed by atoms with Gasteiger partial charge in [0, 0.05) is 34.1 Å². The highest BCUT2D eigenvalue weighted by molar-refractivity contribution is 5.79. The van der Waals surface area contributed by atoms with Gasteiger partial charge in [0.1, 0.15) is 0 Å². The molecule has 0 unspecified atom stereocenters. The third-order valence-electron chi connectivity index (χ3n) is 9.02. The van der Waals surface area contributed by atoms with Crippen LogP contribution in [0.4, 0.5) is 28.4 Å². The number of benzene rings is 6. The van der Waals surface area contributed by atoms with Crippen molar-refractivity contribution < 1.29 is 0 Å². The lowest BCUT2D eigenvalue weighted by Crippen LogP contribution is -2.17. The van der Waals surface area contributed by atoms with E-state index in [1.807, 2.05) is 0 Å². The molecule has 0 radical (unpaired) electrons. The molecule has 1 aliphatic rings. The van der Waals surface area contributed by atoms with Crippen LogP contribution in [0.15, 0.2) is 170 Å². The fraction of sp³-hybridized carbons (Fsp3) is 0.111. The highest BCUT2D eigenvalue weighted by Gasteiger charge is 2.18. The zero-order valence-electron chi connectivity index (χ0n) is 27.4. The minimum Gasteiger partial charge on any atom is -0.314 e. The summed E-state index contributed by atoms with van der Waals surface area (Å²) in [7, 11) is 0. The summed E-state index contributed by atoms with van der Waals surface area (Å²) in [6.45, 7) is 6.40. The molecule has 7 rings (SSSR count). The Bertz CT molecular complexity index is 1950. The van der Waals surface area contributed by atoms with Crippen molar-refractivity contribution in [3.05, 3.63) is 192 Å². The number of rotatable bonds is 8. The summed E-state index contributed by atoms with van der Waals surface area (Å²) < 4.78 is 0. The Morgan fingerprint density at radius 2 is 0.723 bits per heavy atom. The van der Waals surface area contributed by atoms with Crippen LogP contribution in [0.5, 0.6) is 0 Å². The highest BCUT2D eigenvalue weighted by Crippen LogP contribution is 2.38. The molecule has 230 valence electrons. The fourth-order valence-electron chi connectivity index (χ4n) is 6.32. The van der Waals surface area contributed by atoms with Gasteiger partial charge in [-0.15, -0.1) is 0 Å². The van der Waals surface area contributed by atoms with Crippen LogP contribution in [0, 0.1) is 20.8 Å². The SMILES string of the molecule is Cc1ccc(N(C2=CC=C(c3ccc(-c4ccc(N(c5ccc(C)cc5)c5ccc(C)cc5)cc4)cc3)CC2)c2ccccc2)cc1. The van der Waals surface area contributed by atoms with Gasteiger partial charge in [0.25, 0.3) is 0 Å². The van der Waals surface area contributed by atoms with E-state index in [4.69, 9.17) is 0 Å². The van der Waals surface area contributed by atoms with Crippen molar-refractivity contribution in [1.82, 2.24) is 0 Å². The number of nitrogens with zero attached hydrogens (tertiary/aromatic N) is 2. The topological polar surface area (TPSA) is 6.48 Å². The summed E-state index contributed by atoms with van der Waals surface area (Å²) in [6.07, 6.45) is 6.59. The van der Waals surface area contributed by atoms with Crippen molar-refractivity contribution in [1.29, 1.82) is 0 Å². The standard InChI is InChI=1S/C45H40N2/c1-33-9-23-41(24-10-33)46(40-7-5-4-6-8-40)44-29-19-38(20-30-44)36-15-17-37(18-16-36)39-21-31-45(32-22-39)47(42-25-11-34(2)12-26-42)43-27-13-35(3)14-28-43/h4-19,21-29,31-32H,20,30H2,1-3H3. The zero-order chi connectivity index (χ0) is 32.2. The Kier molecular flexibility index (Phi) is 8.58. The molecule has 1 aliphatic carbocycles. The molecule has 0 atom stereocenters. The molecule has 47 heavy (non-hydrogen) atoms. The molecule has 0 saturated carbocycles. The molecule has 0 aliphatic heterocycles. The van der Waals surface area contributed by atoms with E-state index in [0.717, 1.165) is 29.9 Å². The van der Waals surface area contributed by atoms with E-state index in [1.165, 1.54) is 56.0 Å². The average molecular weight is 609 g/mol. The molecule has 0 fully saturated rings. The molecule has 2 heteroatoms. The van der Waals surface area contributed by atoms with Gasteiger partial charge < -0.3 is 9.80 Å². The van der Waals surface area contributed by atoms with E-state index in [9.17, 15) is 0 Å². The average Bonchev–Trinajstić information content (AvgIpc) is 3.12. The van der Waals surface area contributed by atoms with Gasteiger partial charge in [0.2, 0.25) is 0 Å². The molecule has 0 spiro atoms. The second-order valence-corrected chi connectivity index (χ2v) is 12.5. The predicted molar refractivity (Wildman–Crippen MR) is 201 cm³/mol. The van der Waals surface area contributed by atoms with Crippen LogP contribution in [0.1, 0.15) is 35.1 Å². The normalized spacial score (nSPS) is 12.7. The number of para-hydroxylation sites is 1. The second-order valence-electron chi connectivity index (χ2n) is 12.5. The molecule has 6 aromatic carbocycles. The van der Waals surface area contributed by atoms with Crippen molar-refractivity contribution in [3.8, 4) is 11.1 Å². The Morgan fingerprint density at radius 3 is 1.17 bits per heavy atom. The summed E-state index contributed by atoms with van der Waals surface area (Å²) in [5.74, 6) is 0. The first-order valence-electron chi connectivity index (χ1n) is 16.5. The van der Waals surface area contributed by atoms with E-state index in [0.29, 0.717) is 0 Å². The van der Waals surface area contributed by atoms with Gasteiger partial charge in [-0.2, -0.15) is 0 Å². The predicted octanol–water partition coefficient (Wildman–Crippen LogP) is 12.6. The third-order valence-corrected chi connectivity index (χ3v) is 9.02. The Balaban J connectivity index is 1.12. The maximum absolute atomic E-state index is 2.39. The van der Waals surface area contributed by atoms with Gasteiger partial charge >= 0.3 is 0 Å². The Hall–Kier alpha value is -5.60. The maximum Gasteiger partial charge on any atom is 0.0462 e. The maximum atomic E-state index is 2.39. The largest absolute Gasteiger partial charge is 0.314 e. The minimum absolute atomic E-state index is 0.982. The van der Waals surface area contributed by atoms with E-state index >= 15 is 0 Å². The molecule has 0 amide bonds. The summed E-state index contributed by atoms with van der Waals surface area (Å²) >= 11 is 0. The molecule has 0 aromatic heterocycles. The minimum atomic E-state index is 0.982. The molecular weight excluding hydrogens is 569 g/mol. The van der Waals surface area contributed by atoms with E-state index in [-0.39, 0.29) is 0 Å². The van der Waals surface area contributed by atoms with Crippen LogP contribution in [-0.4, -0.2) is 0 Å². The Morgan fingerprint density at radius 1 is 0.340 bits per heavy atom. The van der Waals surface area contributed by atoms with Crippen molar-refractivity contribution in [2.75, 3.05) is 9.80 Å². The lowest BCUT2D eigenvalue weighted by atomic mass is 9.93. The summed E-state index contributed by atoms with van der Waals surface area (Å²) in [5, 5.41) is 0. The molecule has 0 saturated heterocycles. The quantitative estimate of drug-likeness (QED) is 0.170. The van der Waals surface area contributed by atoms with E-state index in [1.54, 1.807) is 0 Å². The van der Waals surface area contributed by atoms with Crippen molar-refractivity contribution in [2.45, 2.75) is 33.6 Å². The Labute approximate surface area is 279 Å². The fourth-order valence-corrected chi connectivity index (χ4v) is 6.32. The highest BCUT2D eigenvalue weighted by atomic mass is 15.2. The second kappa shape index (κ2) is 13.4. The van der Waals surface area contributed by atoms with E-state index < -0.39 is 0 Å². The summed E-state index contributed by atoms with van der Waals surface area (Å²) in [5.41, 5.74) is 16.0. The number of allylic oxidation sites excluding steroid dienone is 4. The van der Waals surface area contributed by atoms with Crippen molar-refractivity contribution in [2.24, 2.45) is 0 Å². The van der Waals surface area contributed by atoms with Gasteiger partial charge in [-0.25, -0.2) is 0 Å². The molecule has 6 aromatic rings. The lowest BCUT2D eigenvalue weighted by Gasteiger charge is -2.30. The lowest BCUT2D eigenvalue weighted by molar-refractivity contribution is 0.930. The number of hydrogen-bond acceptors (Lipinski definition) is 2. The van der Waals surface area contributed by atoms with E-state index in [2.05, 4.69) is 194 Å². The van der Waals surface area contributed by atoms with Gasteiger partial charge in [-0.05, 0) is 123 Å². The first-order valence-corrected chi connectivity index (χ1v) is 16.5. The van der Waals surface area contributed by atoms with Crippen LogP contribution in [0.3, 0.4) is 0 Å². The van der Waals surface area contributed by atoms with Gasteiger partial charge in [-0.1, -0.05) is 114 Å². The smallest absolute Gasteiger partial charge is 0.0462 e. The van der Waals surface area contributed by atoms with Gasteiger partial charge in [0.05, 0.1) is 0 Å². The molecule has 2 nitrogen and oxygen atoms in total. The van der Waals surface area contributed by atoms with Crippen LogP contribution >= 0.6 is 0 Å². The number of aryl methyl sites for hydroxylation is 3. The van der Waals surface area contributed by atoms with Gasteiger partial charge in [-0.3, -0.25) is 0 Å². The molecule has 0 heterocycles. The molecular formula is C45H40N2. The zero-order valence-corrected chi connectivity index (χ0v) is 27.4. The van der Waals surface area contributed by atoms with Crippen LogP contribution in [0.25, 0.3) is 16.7 Å². The first-order chi connectivity index (χ1) is 23.0. The number of anilines is 5. The van der Waals surface area contributed by atoms with Crippen LogP contribution < -0.4 is 9.80 Å². The van der Waals surface area contributed by atoms with Crippen molar-refractivity contribution in [3.63, 3.8) is 0 Å². The third kappa shape index (κ3) is 6.68. The van der Waals surface area contributed by atoms with Crippen LogP contribution in [0.2, 0.25) is 0 Å². The van der Waals surface area contributed by atoms with Gasteiger partial charge in [0.15, 0.2) is 0 Å². The molecule has 0 bridgehead atoms. The monoisotopic (exact) mass is 608 g/mol. The summed E-state index contributed by atoms with van der Waals surface area (Å²) in [6, 6.07) is 55.0. The summed E-state index contributed by atoms with van der Waals surface area (Å²) in [4.78, 5) is 4.71. The number of hydrogen-bond donors (Lipinski definition) is 0. The van der Waals surface area contributed by atoms with Crippen molar-refractivity contribution >= 4 is 34.0 Å². The van der Waals surface area contributed by atoms with Crippen LogP contribution in [-0.2, 0) is 0 Å². The molecule has 0 N–H and O–H groups in total.